The third-order valence-corrected chi connectivity index (χ3v) is 8.05. The molecule has 0 fully saturated rings. The number of rotatable bonds is 7. The van der Waals surface area contributed by atoms with Gasteiger partial charge in [-0.2, -0.15) is 14.9 Å². The van der Waals surface area contributed by atoms with Crippen molar-refractivity contribution in [1.29, 1.82) is 0 Å². The van der Waals surface area contributed by atoms with E-state index in [9.17, 15) is 18.8 Å². The van der Waals surface area contributed by atoms with E-state index in [0.29, 0.717) is 21.8 Å². The number of carbonyl (C=O) groups excluding carboxylic acids is 2. The molecule has 1 N–H and O–H groups in total. The van der Waals surface area contributed by atoms with Crippen LogP contribution in [0.25, 0.3) is 27.7 Å². The molecule has 0 saturated carbocycles. The Kier molecular flexibility index (Phi) is 8.82. The highest BCUT2D eigenvalue weighted by Gasteiger charge is 2.22. The summed E-state index contributed by atoms with van der Waals surface area (Å²) >= 11 is 1.29. The molecule has 0 aliphatic carbocycles. The fourth-order valence-corrected chi connectivity index (χ4v) is 5.60. The van der Waals surface area contributed by atoms with Gasteiger partial charge in [-0.3, -0.25) is 18.8 Å². The van der Waals surface area contributed by atoms with Crippen LogP contribution in [0.1, 0.15) is 31.1 Å². The standard InChI is InChI=1S/C35H30F2N6O5S/c1-35(2,3)48-34(46)42-19-21(18-39-42)26-16-28-20(17-38-41(28)4)14-30(26)47-29-12-8-23(15-27(29)37)40-32(44)25-11-13-31(49-5)43(33(25)45)24-9-6-22(36)7-10-24/h6-19H,1-5H3,(H,40,44). The summed E-state index contributed by atoms with van der Waals surface area (Å²) in [5.41, 5.74) is 0.706. The monoisotopic (exact) mass is 684 g/mol. The van der Waals surface area contributed by atoms with Crippen molar-refractivity contribution >= 4 is 40.4 Å². The van der Waals surface area contributed by atoms with E-state index >= 15 is 4.39 Å². The van der Waals surface area contributed by atoms with Gasteiger partial charge < -0.3 is 14.8 Å². The molecular formula is C35H30F2N6O5S. The Labute approximate surface area is 283 Å². The van der Waals surface area contributed by atoms with E-state index in [4.69, 9.17) is 9.47 Å². The maximum absolute atomic E-state index is 15.5. The second-order valence-electron chi connectivity index (χ2n) is 11.9. The number of hydrogen-bond acceptors (Lipinski definition) is 8. The van der Waals surface area contributed by atoms with E-state index in [-0.39, 0.29) is 22.7 Å². The lowest BCUT2D eigenvalue weighted by Gasteiger charge is -2.18. The molecule has 0 saturated heterocycles. The lowest BCUT2D eigenvalue weighted by molar-refractivity contribution is 0.0514. The van der Waals surface area contributed by atoms with Crippen LogP contribution in [0.2, 0.25) is 0 Å². The van der Waals surface area contributed by atoms with Crippen LogP contribution in [0.4, 0.5) is 19.3 Å². The van der Waals surface area contributed by atoms with Gasteiger partial charge in [-0.15, -0.1) is 11.8 Å². The molecule has 0 aliphatic heterocycles. The Hall–Kier alpha value is -5.76. The zero-order valence-electron chi connectivity index (χ0n) is 27.0. The summed E-state index contributed by atoms with van der Waals surface area (Å²) in [6.45, 7) is 5.24. The Morgan fingerprint density at radius 3 is 2.37 bits per heavy atom. The van der Waals surface area contributed by atoms with Crippen molar-refractivity contribution < 1.29 is 27.8 Å². The summed E-state index contributed by atoms with van der Waals surface area (Å²) in [5, 5.41) is 12.3. The van der Waals surface area contributed by atoms with E-state index in [2.05, 4.69) is 15.5 Å². The molecule has 1 amide bonds. The Morgan fingerprint density at radius 2 is 1.67 bits per heavy atom. The van der Waals surface area contributed by atoms with Gasteiger partial charge in [-0.1, -0.05) is 0 Å². The number of benzene rings is 3. The average Bonchev–Trinajstić information content (AvgIpc) is 3.68. The van der Waals surface area contributed by atoms with Crippen LogP contribution >= 0.6 is 11.8 Å². The normalized spacial score (nSPS) is 11.5. The largest absolute Gasteiger partial charge is 0.454 e. The van der Waals surface area contributed by atoms with Gasteiger partial charge in [-0.05, 0) is 87.7 Å². The molecule has 0 bridgehead atoms. The molecule has 0 spiro atoms. The fraction of sp³-hybridized carbons (Fsp3) is 0.171. The van der Waals surface area contributed by atoms with Crippen molar-refractivity contribution in [3.8, 4) is 28.3 Å². The minimum Gasteiger partial charge on any atom is -0.454 e. The number of pyridine rings is 1. The predicted octanol–water partition coefficient (Wildman–Crippen LogP) is 7.42. The Morgan fingerprint density at radius 1 is 0.918 bits per heavy atom. The van der Waals surface area contributed by atoms with E-state index in [0.717, 1.165) is 21.7 Å². The molecule has 0 aliphatic rings. The summed E-state index contributed by atoms with van der Waals surface area (Å²) in [4.78, 5) is 39.2. The van der Waals surface area contributed by atoms with E-state index in [1.807, 2.05) is 0 Å². The van der Waals surface area contributed by atoms with Crippen LogP contribution in [0.5, 0.6) is 11.5 Å². The average molecular weight is 685 g/mol. The minimum atomic E-state index is -0.791. The third kappa shape index (κ3) is 6.94. The second-order valence-corrected chi connectivity index (χ2v) is 12.8. The zero-order valence-corrected chi connectivity index (χ0v) is 27.8. The number of nitrogens with one attached hydrogen (secondary N) is 1. The molecule has 3 heterocycles. The highest BCUT2D eigenvalue weighted by Crippen LogP contribution is 2.38. The lowest BCUT2D eigenvalue weighted by atomic mass is 10.1. The van der Waals surface area contributed by atoms with Gasteiger partial charge in [0.2, 0.25) is 0 Å². The molecule has 11 nitrogen and oxygen atoms in total. The van der Waals surface area contributed by atoms with Gasteiger partial charge in [0, 0.05) is 47.2 Å². The minimum absolute atomic E-state index is 0.0816. The molecular weight excluding hydrogens is 654 g/mol. The van der Waals surface area contributed by atoms with Gasteiger partial charge in [-0.25, -0.2) is 13.6 Å². The summed E-state index contributed by atoms with van der Waals surface area (Å²) in [5.74, 6) is -1.90. The highest BCUT2D eigenvalue weighted by atomic mass is 32.2. The number of carbonyl (C=O) groups is 2. The number of thioether (sulfide) groups is 1. The topological polar surface area (TPSA) is 122 Å². The molecule has 49 heavy (non-hydrogen) atoms. The third-order valence-electron chi connectivity index (χ3n) is 7.32. The maximum atomic E-state index is 15.5. The van der Waals surface area contributed by atoms with Crippen molar-refractivity contribution in [2.75, 3.05) is 11.6 Å². The van der Waals surface area contributed by atoms with E-state index < -0.39 is 34.8 Å². The van der Waals surface area contributed by atoms with Crippen LogP contribution in [0.15, 0.2) is 95.1 Å². The van der Waals surface area contributed by atoms with Gasteiger partial charge >= 0.3 is 6.09 Å². The number of fused-ring (bicyclic) bond motifs is 1. The fourth-order valence-electron chi connectivity index (χ4n) is 5.03. The van der Waals surface area contributed by atoms with Crippen molar-refractivity contribution in [3.63, 3.8) is 0 Å². The molecule has 0 unspecified atom stereocenters. The number of anilines is 1. The smallest absolute Gasteiger partial charge is 0.435 e. The van der Waals surface area contributed by atoms with Crippen LogP contribution in [0.3, 0.4) is 0 Å². The Bertz CT molecular complexity index is 2290. The number of ether oxygens (including phenoxy) is 2. The van der Waals surface area contributed by atoms with Crippen LogP contribution in [0, 0.1) is 11.6 Å². The molecule has 6 aromatic rings. The molecule has 250 valence electrons. The zero-order chi connectivity index (χ0) is 35.0. The summed E-state index contributed by atoms with van der Waals surface area (Å²) in [7, 11) is 1.78. The number of amides is 1. The van der Waals surface area contributed by atoms with Gasteiger partial charge in [0.15, 0.2) is 11.6 Å². The van der Waals surface area contributed by atoms with Gasteiger partial charge in [0.25, 0.3) is 11.5 Å². The number of hydrogen-bond donors (Lipinski definition) is 1. The maximum Gasteiger partial charge on any atom is 0.435 e. The molecule has 0 atom stereocenters. The summed E-state index contributed by atoms with van der Waals surface area (Å²) in [6, 6.07) is 15.7. The molecule has 0 radical (unpaired) electrons. The first-order valence-electron chi connectivity index (χ1n) is 14.9. The SMILES string of the molecule is CSc1ccc(C(=O)Nc2ccc(Oc3cc4cnn(C)c4cc3-c3cnn(C(=O)OC(C)(C)C)c3)c(F)c2)c(=O)n1-c1ccc(F)cc1. The number of nitrogens with zero attached hydrogens (tertiary/aromatic N) is 5. The lowest BCUT2D eigenvalue weighted by Crippen LogP contribution is -2.29. The Balaban J connectivity index is 1.28. The molecule has 3 aromatic heterocycles. The summed E-state index contributed by atoms with van der Waals surface area (Å²) in [6.07, 6.45) is 5.71. The second kappa shape index (κ2) is 13.0. The van der Waals surface area contributed by atoms with Crippen LogP contribution in [-0.4, -0.2) is 48.0 Å². The quantitative estimate of drug-likeness (QED) is 0.173. The number of aryl methyl sites for hydroxylation is 1. The number of halogens is 2. The molecule has 14 heteroatoms. The van der Waals surface area contributed by atoms with E-state index in [1.165, 1.54) is 71.2 Å². The van der Waals surface area contributed by atoms with Crippen molar-refractivity contribution in [2.24, 2.45) is 7.05 Å². The first-order valence-corrected chi connectivity index (χ1v) is 16.1. The first kappa shape index (κ1) is 33.2. The first-order chi connectivity index (χ1) is 23.3. The van der Waals surface area contributed by atoms with Crippen LogP contribution < -0.4 is 15.6 Å². The van der Waals surface area contributed by atoms with E-state index in [1.54, 1.807) is 63.2 Å². The van der Waals surface area contributed by atoms with Gasteiger partial charge in [0.1, 0.15) is 22.7 Å². The van der Waals surface area contributed by atoms with Crippen LogP contribution in [-0.2, 0) is 11.8 Å². The van der Waals surface area contributed by atoms with Crippen molar-refractivity contribution in [3.05, 3.63) is 113 Å². The highest BCUT2D eigenvalue weighted by molar-refractivity contribution is 7.98. The van der Waals surface area contributed by atoms with Crippen molar-refractivity contribution in [2.45, 2.75) is 31.4 Å². The molecule has 6 rings (SSSR count). The molecule has 3 aromatic carbocycles. The van der Waals surface area contributed by atoms with Gasteiger partial charge in [0.05, 0.1) is 22.9 Å². The number of aromatic nitrogens is 5. The predicted molar refractivity (Wildman–Crippen MR) is 182 cm³/mol. The summed E-state index contributed by atoms with van der Waals surface area (Å²) < 4.78 is 44.6. The van der Waals surface area contributed by atoms with Crippen molar-refractivity contribution in [1.82, 2.24) is 24.1 Å².